The van der Waals surface area contributed by atoms with Gasteiger partial charge in [0, 0.05) is 18.7 Å². The molecule has 2 saturated heterocycles. The zero-order valence-electron chi connectivity index (χ0n) is 14.2. The third-order valence-corrected chi connectivity index (χ3v) is 5.72. The van der Waals surface area contributed by atoms with Crippen molar-refractivity contribution in [2.75, 3.05) is 26.2 Å². The summed E-state index contributed by atoms with van der Waals surface area (Å²) in [6, 6.07) is 5.61. The van der Waals surface area contributed by atoms with Crippen molar-refractivity contribution in [1.82, 2.24) is 9.21 Å². The lowest BCUT2D eigenvalue weighted by atomic mass is 10.2. The second-order valence-electron chi connectivity index (χ2n) is 5.89. The fourth-order valence-electron chi connectivity index (χ4n) is 2.68. The van der Waals surface area contributed by atoms with Gasteiger partial charge in [-0.25, -0.2) is 17.2 Å². The monoisotopic (exact) mass is 502 g/mol. The van der Waals surface area contributed by atoms with E-state index in [0.717, 1.165) is 23.4 Å². The van der Waals surface area contributed by atoms with E-state index in [1.165, 1.54) is 25.1 Å². The van der Waals surface area contributed by atoms with E-state index in [1.807, 2.05) is 0 Å². The molecule has 26 heavy (non-hydrogen) atoms. The van der Waals surface area contributed by atoms with E-state index < -0.39 is 29.0 Å². The molecule has 146 valence electrons. The average Bonchev–Trinajstić information content (AvgIpc) is 3.07. The van der Waals surface area contributed by atoms with Crippen molar-refractivity contribution >= 4 is 46.2 Å². The SMILES string of the molecule is CC=O.I.O=C(c1cccc(S(=O)(=O)N2CC(F)(F)C2)c1)N1CCCC1. The summed E-state index contributed by atoms with van der Waals surface area (Å²) in [7, 11) is -3.97. The van der Waals surface area contributed by atoms with Crippen LogP contribution < -0.4 is 0 Å². The van der Waals surface area contributed by atoms with E-state index in [4.69, 9.17) is 4.79 Å². The smallest absolute Gasteiger partial charge is 0.275 e. The summed E-state index contributed by atoms with van der Waals surface area (Å²) in [6.07, 6.45) is 2.62. The number of hydrogen-bond donors (Lipinski definition) is 0. The summed E-state index contributed by atoms with van der Waals surface area (Å²) in [5.74, 6) is -3.18. The number of halogens is 3. The maximum absolute atomic E-state index is 12.9. The molecule has 0 spiro atoms. The van der Waals surface area contributed by atoms with Crippen molar-refractivity contribution < 1.29 is 26.8 Å². The predicted octanol–water partition coefficient (Wildman–Crippen LogP) is 2.39. The minimum absolute atomic E-state index is 0. The summed E-state index contributed by atoms with van der Waals surface area (Å²) in [5, 5.41) is 0. The minimum atomic E-state index is -3.97. The summed E-state index contributed by atoms with van der Waals surface area (Å²) >= 11 is 0. The Labute approximate surface area is 168 Å². The van der Waals surface area contributed by atoms with Crippen LogP contribution in [0.5, 0.6) is 0 Å². The van der Waals surface area contributed by atoms with Gasteiger partial charge in [0.15, 0.2) is 0 Å². The van der Waals surface area contributed by atoms with Crippen molar-refractivity contribution in [2.45, 2.75) is 30.6 Å². The number of aldehydes is 1. The van der Waals surface area contributed by atoms with Crippen molar-refractivity contribution in [3.05, 3.63) is 29.8 Å². The van der Waals surface area contributed by atoms with Crippen LogP contribution in [0.2, 0.25) is 0 Å². The molecule has 0 saturated carbocycles. The summed E-state index contributed by atoms with van der Waals surface area (Å²) in [4.78, 5) is 22.6. The fraction of sp³-hybridized carbons (Fsp3) is 0.500. The highest BCUT2D eigenvalue weighted by Crippen LogP contribution is 2.32. The highest BCUT2D eigenvalue weighted by atomic mass is 127. The van der Waals surface area contributed by atoms with E-state index in [9.17, 15) is 22.0 Å². The molecule has 2 fully saturated rings. The number of carbonyl (C=O) groups excluding carboxylic acids is 2. The molecule has 1 amide bonds. The number of hydrogen-bond acceptors (Lipinski definition) is 4. The van der Waals surface area contributed by atoms with Gasteiger partial charge in [0.1, 0.15) is 6.29 Å². The molecular formula is C16H21F2IN2O4S. The first-order valence-corrected chi connectivity index (χ1v) is 9.32. The van der Waals surface area contributed by atoms with Crippen LogP contribution in [0.1, 0.15) is 30.1 Å². The highest BCUT2D eigenvalue weighted by Gasteiger charge is 2.49. The van der Waals surface area contributed by atoms with Gasteiger partial charge >= 0.3 is 0 Å². The van der Waals surface area contributed by atoms with Crippen LogP contribution in [-0.2, 0) is 14.8 Å². The van der Waals surface area contributed by atoms with Gasteiger partial charge in [0.2, 0.25) is 10.0 Å². The Morgan fingerprint density at radius 2 is 1.73 bits per heavy atom. The molecule has 10 heteroatoms. The van der Waals surface area contributed by atoms with Crippen molar-refractivity contribution in [1.29, 1.82) is 0 Å². The van der Waals surface area contributed by atoms with Crippen LogP contribution in [0.15, 0.2) is 29.2 Å². The molecule has 0 bridgehead atoms. The summed E-state index contributed by atoms with van der Waals surface area (Å²) < 4.78 is 51.0. The Morgan fingerprint density at radius 1 is 1.19 bits per heavy atom. The first-order chi connectivity index (χ1) is 11.7. The molecule has 0 aromatic heterocycles. The molecule has 1 aromatic carbocycles. The van der Waals surface area contributed by atoms with Crippen molar-refractivity contribution in [3.8, 4) is 0 Å². The number of carbonyl (C=O) groups is 2. The van der Waals surface area contributed by atoms with E-state index in [2.05, 4.69) is 0 Å². The van der Waals surface area contributed by atoms with E-state index in [-0.39, 0.29) is 40.3 Å². The van der Waals surface area contributed by atoms with E-state index >= 15 is 0 Å². The van der Waals surface area contributed by atoms with Crippen LogP contribution >= 0.6 is 24.0 Å². The Balaban J connectivity index is 0.000000791. The fourth-order valence-corrected chi connectivity index (χ4v) is 4.22. The van der Waals surface area contributed by atoms with E-state index in [0.29, 0.717) is 13.1 Å². The van der Waals surface area contributed by atoms with Gasteiger partial charge in [-0.15, -0.1) is 24.0 Å². The normalized spacial score (nSPS) is 18.8. The van der Waals surface area contributed by atoms with Gasteiger partial charge in [0.25, 0.3) is 11.8 Å². The third-order valence-electron chi connectivity index (χ3n) is 3.93. The van der Waals surface area contributed by atoms with Gasteiger partial charge in [0.05, 0.1) is 18.0 Å². The minimum Gasteiger partial charge on any atom is -0.339 e. The van der Waals surface area contributed by atoms with Crippen LogP contribution in [0.3, 0.4) is 0 Å². The number of rotatable bonds is 3. The van der Waals surface area contributed by atoms with Gasteiger partial charge in [-0.3, -0.25) is 4.79 Å². The van der Waals surface area contributed by atoms with Gasteiger partial charge in [-0.1, -0.05) is 6.07 Å². The maximum atomic E-state index is 12.9. The van der Waals surface area contributed by atoms with Gasteiger partial charge < -0.3 is 9.69 Å². The zero-order valence-corrected chi connectivity index (χ0v) is 17.4. The maximum Gasteiger partial charge on any atom is 0.275 e. The largest absolute Gasteiger partial charge is 0.339 e. The lowest BCUT2D eigenvalue weighted by Crippen LogP contribution is -2.58. The predicted molar refractivity (Wildman–Crippen MR) is 102 cm³/mol. The van der Waals surface area contributed by atoms with Gasteiger partial charge in [-0.2, -0.15) is 4.31 Å². The zero-order chi connectivity index (χ0) is 18.7. The standard InChI is InChI=1S/C14H16F2N2O3S.C2H4O.HI/c15-14(16)9-18(10-14)22(20,21)12-5-3-4-11(8-12)13(19)17-6-1-2-7-17;1-2-3;/h3-5,8H,1-2,6-7,9-10H2;2H,1H3;1H. The number of benzene rings is 1. The number of nitrogens with zero attached hydrogens (tertiary/aromatic N) is 2. The molecule has 2 heterocycles. The first-order valence-electron chi connectivity index (χ1n) is 7.88. The number of amides is 1. The van der Waals surface area contributed by atoms with Crippen molar-refractivity contribution in [2.24, 2.45) is 0 Å². The Bertz CT molecular complexity index is 744. The Hall–Kier alpha value is -1.14. The highest BCUT2D eigenvalue weighted by molar-refractivity contribution is 14.0. The second-order valence-corrected chi connectivity index (χ2v) is 7.83. The molecular weight excluding hydrogens is 481 g/mol. The van der Waals surface area contributed by atoms with E-state index in [1.54, 1.807) is 11.0 Å². The molecule has 1 aromatic rings. The second kappa shape index (κ2) is 9.18. The average molecular weight is 502 g/mol. The molecule has 0 unspecified atom stereocenters. The lowest BCUT2D eigenvalue weighted by Gasteiger charge is -2.37. The molecule has 0 atom stereocenters. The quantitative estimate of drug-likeness (QED) is 0.470. The van der Waals surface area contributed by atoms with Crippen LogP contribution in [0, 0.1) is 0 Å². The molecule has 6 nitrogen and oxygen atoms in total. The molecule has 2 aliphatic rings. The number of alkyl halides is 2. The first kappa shape index (κ1) is 22.9. The van der Waals surface area contributed by atoms with Crippen LogP contribution in [0.25, 0.3) is 0 Å². The Morgan fingerprint density at radius 3 is 2.23 bits per heavy atom. The molecule has 0 radical (unpaired) electrons. The summed E-state index contributed by atoms with van der Waals surface area (Å²) in [5.41, 5.74) is 0.273. The third kappa shape index (κ3) is 5.19. The number of sulfonamides is 1. The Kier molecular flexibility index (Phi) is 8.08. The van der Waals surface area contributed by atoms with Crippen LogP contribution in [-0.4, -0.2) is 61.9 Å². The summed E-state index contributed by atoms with van der Waals surface area (Å²) in [6.45, 7) is 1.15. The lowest BCUT2D eigenvalue weighted by molar-refractivity contribution is -0.106. The van der Waals surface area contributed by atoms with Crippen molar-refractivity contribution in [3.63, 3.8) is 0 Å². The molecule has 0 aliphatic carbocycles. The molecule has 0 N–H and O–H groups in total. The topological polar surface area (TPSA) is 74.8 Å². The molecule has 2 aliphatic heterocycles. The van der Waals surface area contributed by atoms with Gasteiger partial charge in [-0.05, 0) is 38.0 Å². The molecule has 3 rings (SSSR count). The number of likely N-dealkylation sites (tertiary alicyclic amines) is 1. The van der Waals surface area contributed by atoms with Crippen LogP contribution in [0.4, 0.5) is 8.78 Å².